The molecule has 1 aliphatic heterocycles. The maximum atomic E-state index is 4.13. The number of rotatable bonds is 4. The second-order valence-corrected chi connectivity index (χ2v) is 6.78. The third-order valence-electron chi connectivity index (χ3n) is 5.35. The normalized spacial score (nSPS) is 31.8. The smallest absolute Gasteiger partial charge is 0.0295 e. The van der Waals surface area contributed by atoms with E-state index in [0.717, 1.165) is 12.0 Å². The molecular weight excluding hydrogens is 258 g/mol. The molecule has 0 radical (unpaired) electrons. The van der Waals surface area contributed by atoms with E-state index in [1.54, 1.807) is 0 Å². The molecule has 0 bridgehead atoms. The molecule has 3 rings (SSSR count). The molecule has 1 saturated carbocycles. The molecule has 2 heterocycles. The number of nitrogens with one attached hydrogen (secondary N) is 2. The minimum absolute atomic E-state index is 0.419. The summed E-state index contributed by atoms with van der Waals surface area (Å²) >= 11 is 0. The summed E-state index contributed by atoms with van der Waals surface area (Å²) in [5.41, 5.74) is 1.35. The third-order valence-corrected chi connectivity index (χ3v) is 5.35. The summed E-state index contributed by atoms with van der Waals surface area (Å²) < 4.78 is 0. The van der Waals surface area contributed by atoms with Crippen molar-refractivity contribution in [2.24, 2.45) is 5.92 Å². The van der Waals surface area contributed by atoms with Gasteiger partial charge in [-0.3, -0.25) is 4.98 Å². The molecule has 3 nitrogen and oxygen atoms in total. The van der Waals surface area contributed by atoms with E-state index in [4.69, 9.17) is 0 Å². The van der Waals surface area contributed by atoms with Gasteiger partial charge in [0.2, 0.25) is 0 Å². The summed E-state index contributed by atoms with van der Waals surface area (Å²) in [6, 6.07) is 6.09. The lowest BCUT2D eigenvalue weighted by molar-refractivity contribution is 0.174. The van der Waals surface area contributed by atoms with Gasteiger partial charge in [-0.05, 0) is 62.8 Å². The fraction of sp³-hybridized carbons (Fsp3) is 0.722. The summed E-state index contributed by atoms with van der Waals surface area (Å²) in [5, 5.41) is 7.70. The van der Waals surface area contributed by atoms with Crippen LogP contribution in [0.2, 0.25) is 0 Å². The maximum Gasteiger partial charge on any atom is 0.0295 e. The second-order valence-electron chi connectivity index (χ2n) is 6.78. The Hall–Kier alpha value is -0.930. The Morgan fingerprint density at radius 1 is 1.10 bits per heavy atom. The lowest BCUT2D eigenvalue weighted by atomic mass is 9.77. The van der Waals surface area contributed by atoms with E-state index in [0.29, 0.717) is 12.1 Å². The Morgan fingerprint density at radius 2 is 1.86 bits per heavy atom. The Morgan fingerprint density at radius 3 is 2.62 bits per heavy atom. The molecule has 1 aliphatic carbocycles. The van der Waals surface area contributed by atoms with Gasteiger partial charge in [0.05, 0.1) is 0 Å². The number of aromatic nitrogens is 1. The number of piperidine rings is 1. The van der Waals surface area contributed by atoms with Gasteiger partial charge in [0.25, 0.3) is 0 Å². The van der Waals surface area contributed by atoms with Gasteiger partial charge in [-0.1, -0.05) is 19.3 Å². The molecule has 1 saturated heterocycles. The van der Waals surface area contributed by atoms with Gasteiger partial charge in [0, 0.05) is 30.5 Å². The number of hydrogen-bond donors (Lipinski definition) is 2. The van der Waals surface area contributed by atoms with Gasteiger partial charge in [0.1, 0.15) is 0 Å². The molecule has 21 heavy (non-hydrogen) atoms. The highest BCUT2D eigenvalue weighted by atomic mass is 15.0. The highest BCUT2D eigenvalue weighted by molar-refractivity contribution is 5.14. The van der Waals surface area contributed by atoms with Gasteiger partial charge in [-0.2, -0.15) is 0 Å². The van der Waals surface area contributed by atoms with Crippen LogP contribution in [0.25, 0.3) is 0 Å². The van der Waals surface area contributed by atoms with Crippen LogP contribution in [-0.4, -0.2) is 23.6 Å². The van der Waals surface area contributed by atoms with Crippen LogP contribution in [-0.2, 0) is 0 Å². The predicted octanol–water partition coefficient (Wildman–Crippen LogP) is 3.43. The number of hydrogen-bond acceptors (Lipinski definition) is 3. The van der Waals surface area contributed by atoms with E-state index in [1.165, 1.54) is 57.1 Å². The minimum atomic E-state index is 0.419. The van der Waals surface area contributed by atoms with E-state index in [1.807, 2.05) is 12.4 Å². The molecule has 1 aromatic heterocycles. The van der Waals surface area contributed by atoms with Gasteiger partial charge in [-0.25, -0.2) is 0 Å². The topological polar surface area (TPSA) is 37.0 Å². The van der Waals surface area contributed by atoms with E-state index in [-0.39, 0.29) is 0 Å². The first kappa shape index (κ1) is 15.0. The molecule has 116 valence electrons. The molecule has 3 heteroatoms. The lowest BCUT2D eigenvalue weighted by Gasteiger charge is -2.41. The molecule has 2 aliphatic rings. The molecule has 1 aromatic rings. The average molecular weight is 287 g/mol. The van der Waals surface area contributed by atoms with Crippen LogP contribution >= 0.6 is 0 Å². The van der Waals surface area contributed by atoms with Crippen LogP contribution in [0.3, 0.4) is 0 Å². The van der Waals surface area contributed by atoms with Crippen molar-refractivity contribution < 1.29 is 0 Å². The summed E-state index contributed by atoms with van der Waals surface area (Å²) in [5.74, 6) is 0.809. The Balaban J connectivity index is 1.63. The Bertz CT molecular complexity index is 414. The quantitative estimate of drug-likeness (QED) is 0.891. The average Bonchev–Trinajstić information content (AvgIpc) is 2.57. The number of nitrogens with zero attached hydrogens (tertiary/aromatic N) is 1. The SMILES string of the molecule is C[C@@H](NC1CCCCC1C1CCCCN1)c1ccncc1. The van der Waals surface area contributed by atoms with Crippen molar-refractivity contribution >= 4 is 0 Å². The minimum Gasteiger partial charge on any atom is -0.314 e. The predicted molar refractivity (Wildman–Crippen MR) is 87.2 cm³/mol. The van der Waals surface area contributed by atoms with Crippen LogP contribution in [0.1, 0.15) is 63.5 Å². The van der Waals surface area contributed by atoms with Crippen molar-refractivity contribution in [3.05, 3.63) is 30.1 Å². The van der Waals surface area contributed by atoms with E-state index >= 15 is 0 Å². The molecule has 4 atom stereocenters. The summed E-state index contributed by atoms with van der Waals surface area (Å²) in [6.07, 6.45) is 13.4. The van der Waals surface area contributed by atoms with Gasteiger partial charge in [-0.15, -0.1) is 0 Å². The van der Waals surface area contributed by atoms with Crippen molar-refractivity contribution in [3.8, 4) is 0 Å². The Kier molecular flexibility index (Phi) is 5.26. The maximum absolute atomic E-state index is 4.13. The summed E-state index contributed by atoms with van der Waals surface area (Å²) in [4.78, 5) is 4.13. The van der Waals surface area contributed by atoms with E-state index in [2.05, 4.69) is 34.7 Å². The molecule has 0 aromatic carbocycles. The third kappa shape index (κ3) is 3.83. The van der Waals surface area contributed by atoms with Gasteiger partial charge in [0.15, 0.2) is 0 Å². The molecule has 2 fully saturated rings. The van der Waals surface area contributed by atoms with Gasteiger partial charge < -0.3 is 10.6 Å². The summed E-state index contributed by atoms with van der Waals surface area (Å²) in [7, 11) is 0. The van der Waals surface area contributed by atoms with Crippen molar-refractivity contribution in [3.63, 3.8) is 0 Å². The summed E-state index contributed by atoms with van der Waals surface area (Å²) in [6.45, 7) is 3.50. The van der Waals surface area contributed by atoms with Crippen molar-refractivity contribution in [1.82, 2.24) is 15.6 Å². The Labute approximate surface area is 128 Å². The van der Waals surface area contributed by atoms with Crippen LogP contribution < -0.4 is 10.6 Å². The van der Waals surface area contributed by atoms with E-state index < -0.39 is 0 Å². The second kappa shape index (κ2) is 7.37. The largest absolute Gasteiger partial charge is 0.314 e. The first-order chi connectivity index (χ1) is 10.3. The first-order valence-electron chi connectivity index (χ1n) is 8.74. The van der Waals surface area contributed by atoms with Crippen LogP contribution in [0.15, 0.2) is 24.5 Å². The number of pyridine rings is 1. The zero-order chi connectivity index (χ0) is 14.5. The fourth-order valence-corrected chi connectivity index (χ4v) is 4.16. The van der Waals surface area contributed by atoms with Crippen LogP contribution in [0.5, 0.6) is 0 Å². The standard InChI is InChI=1S/C18H29N3/c1-14(15-9-12-19-13-10-15)21-18-8-3-2-6-16(18)17-7-4-5-11-20-17/h9-10,12-14,16-18,20-21H,2-8,11H2,1H3/t14-,16?,17?,18?/m1/s1. The van der Waals surface area contributed by atoms with Crippen LogP contribution in [0, 0.1) is 5.92 Å². The van der Waals surface area contributed by atoms with Crippen molar-refractivity contribution in [2.45, 2.75) is 70.0 Å². The molecule has 0 spiro atoms. The van der Waals surface area contributed by atoms with E-state index in [9.17, 15) is 0 Å². The monoisotopic (exact) mass is 287 g/mol. The zero-order valence-corrected chi connectivity index (χ0v) is 13.2. The lowest BCUT2D eigenvalue weighted by Crippen LogP contribution is -2.50. The highest BCUT2D eigenvalue weighted by Crippen LogP contribution is 2.31. The molecule has 2 N–H and O–H groups in total. The molecule has 3 unspecified atom stereocenters. The first-order valence-corrected chi connectivity index (χ1v) is 8.74. The molecular formula is C18H29N3. The van der Waals surface area contributed by atoms with Gasteiger partial charge >= 0.3 is 0 Å². The highest BCUT2D eigenvalue weighted by Gasteiger charge is 2.33. The molecule has 0 amide bonds. The van der Waals surface area contributed by atoms with Crippen LogP contribution in [0.4, 0.5) is 0 Å². The fourth-order valence-electron chi connectivity index (χ4n) is 4.16. The van der Waals surface area contributed by atoms with Crippen molar-refractivity contribution in [2.75, 3.05) is 6.54 Å². The van der Waals surface area contributed by atoms with Crippen molar-refractivity contribution in [1.29, 1.82) is 0 Å². The zero-order valence-electron chi connectivity index (χ0n) is 13.2.